The Morgan fingerprint density at radius 3 is 2.71 bits per heavy atom. The van der Waals surface area contributed by atoms with E-state index in [0.717, 1.165) is 16.1 Å². The molecule has 0 atom stereocenters. The number of carbonyl (C=O) groups is 1. The van der Waals surface area contributed by atoms with Gasteiger partial charge in [0.05, 0.1) is 5.75 Å². The van der Waals surface area contributed by atoms with Gasteiger partial charge in [0.1, 0.15) is 0 Å². The summed E-state index contributed by atoms with van der Waals surface area (Å²) in [7, 11) is 1.83. The highest BCUT2D eigenvalue weighted by molar-refractivity contribution is 8.00. The number of amides is 1. The molecule has 2 N–H and O–H groups in total. The molecule has 0 aliphatic carbocycles. The SMILES string of the molecule is Cc1ccc(N)cc1SCC(=O)N(C)C(C)C. The fraction of sp³-hybridized carbons (Fsp3) is 0.462. The molecule has 1 aromatic rings. The first-order valence-corrected chi connectivity index (χ1v) is 6.65. The van der Waals surface area contributed by atoms with E-state index >= 15 is 0 Å². The fourth-order valence-corrected chi connectivity index (χ4v) is 2.30. The maximum Gasteiger partial charge on any atom is 0.232 e. The van der Waals surface area contributed by atoms with Gasteiger partial charge in [-0.25, -0.2) is 0 Å². The maximum atomic E-state index is 11.8. The number of carbonyl (C=O) groups excluding carboxylic acids is 1. The lowest BCUT2D eigenvalue weighted by atomic mass is 10.2. The number of nitrogens with zero attached hydrogens (tertiary/aromatic N) is 1. The number of aryl methyl sites for hydroxylation is 1. The number of benzene rings is 1. The van der Waals surface area contributed by atoms with Crippen LogP contribution in [-0.4, -0.2) is 29.6 Å². The number of thioether (sulfide) groups is 1. The summed E-state index contributed by atoms with van der Waals surface area (Å²) in [6, 6.07) is 6.02. The Hall–Kier alpha value is -1.16. The predicted octanol–water partition coefficient (Wildman–Crippen LogP) is 2.54. The molecule has 0 fully saturated rings. The Morgan fingerprint density at radius 1 is 1.47 bits per heavy atom. The summed E-state index contributed by atoms with van der Waals surface area (Å²) >= 11 is 1.54. The quantitative estimate of drug-likeness (QED) is 0.661. The van der Waals surface area contributed by atoms with Crippen molar-refractivity contribution in [2.45, 2.75) is 31.7 Å². The second-order valence-corrected chi connectivity index (χ2v) is 5.43. The highest BCUT2D eigenvalue weighted by Crippen LogP contribution is 2.24. The monoisotopic (exact) mass is 252 g/mol. The van der Waals surface area contributed by atoms with Crippen LogP contribution in [0.3, 0.4) is 0 Å². The second-order valence-electron chi connectivity index (χ2n) is 4.41. The first-order valence-electron chi connectivity index (χ1n) is 5.66. The van der Waals surface area contributed by atoms with Gasteiger partial charge in [-0.2, -0.15) is 0 Å². The number of hydrogen-bond acceptors (Lipinski definition) is 3. The first kappa shape index (κ1) is 13.9. The van der Waals surface area contributed by atoms with Gasteiger partial charge in [-0.05, 0) is 38.5 Å². The van der Waals surface area contributed by atoms with Gasteiger partial charge in [0.25, 0.3) is 0 Å². The van der Waals surface area contributed by atoms with Gasteiger partial charge in [0.15, 0.2) is 0 Å². The lowest BCUT2D eigenvalue weighted by Crippen LogP contribution is -2.34. The third kappa shape index (κ3) is 3.97. The topological polar surface area (TPSA) is 46.3 Å². The summed E-state index contributed by atoms with van der Waals surface area (Å²) in [5.41, 5.74) is 7.63. The van der Waals surface area contributed by atoms with E-state index < -0.39 is 0 Å². The lowest BCUT2D eigenvalue weighted by Gasteiger charge is -2.21. The maximum absolute atomic E-state index is 11.8. The third-order valence-electron chi connectivity index (χ3n) is 2.73. The Labute approximate surface area is 107 Å². The molecule has 0 saturated heterocycles. The molecule has 3 nitrogen and oxygen atoms in total. The van der Waals surface area contributed by atoms with E-state index in [9.17, 15) is 4.79 Å². The van der Waals surface area contributed by atoms with Crippen molar-refractivity contribution in [3.63, 3.8) is 0 Å². The molecular formula is C13H20N2OS. The summed E-state index contributed by atoms with van der Waals surface area (Å²) in [5, 5.41) is 0. The summed E-state index contributed by atoms with van der Waals surface area (Å²) in [4.78, 5) is 14.7. The van der Waals surface area contributed by atoms with Gasteiger partial charge in [-0.1, -0.05) is 6.07 Å². The zero-order valence-corrected chi connectivity index (χ0v) is 11.7. The highest BCUT2D eigenvalue weighted by Gasteiger charge is 2.12. The number of anilines is 1. The van der Waals surface area contributed by atoms with Crippen LogP contribution in [0.4, 0.5) is 5.69 Å². The molecule has 0 spiro atoms. The molecule has 1 rings (SSSR count). The minimum absolute atomic E-state index is 0.145. The van der Waals surface area contributed by atoms with E-state index in [0.29, 0.717) is 5.75 Å². The van der Waals surface area contributed by atoms with Crippen LogP contribution in [0.25, 0.3) is 0 Å². The lowest BCUT2D eigenvalue weighted by molar-refractivity contribution is -0.128. The summed E-state index contributed by atoms with van der Waals surface area (Å²) < 4.78 is 0. The van der Waals surface area contributed by atoms with Crippen molar-refractivity contribution < 1.29 is 4.79 Å². The van der Waals surface area contributed by atoms with E-state index in [2.05, 4.69) is 0 Å². The molecule has 0 radical (unpaired) electrons. The third-order valence-corrected chi connectivity index (χ3v) is 3.87. The van der Waals surface area contributed by atoms with Crippen molar-refractivity contribution in [3.8, 4) is 0 Å². The van der Waals surface area contributed by atoms with Gasteiger partial charge in [0, 0.05) is 23.7 Å². The highest BCUT2D eigenvalue weighted by atomic mass is 32.2. The average Bonchev–Trinajstić information content (AvgIpc) is 2.28. The zero-order chi connectivity index (χ0) is 13.0. The minimum Gasteiger partial charge on any atom is -0.399 e. The van der Waals surface area contributed by atoms with E-state index in [1.54, 1.807) is 16.7 Å². The predicted molar refractivity (Wildman–Crippen MR) is 74.2 cm³/mol. The summed E-state index contributed by atoms with van der Waals surface area (Å²) in [6.07, 6.45) is 0. The van der Waals surface area contributed by atoms with Crippen molar-refractivity contribution in [1.82, 2.24) is 4.90 Å². The minimum atomic E-state index is 0.145. The Morgan fingerprint density at radius 2 is 2.12 bits per heavy atom. The average molecular weight is 252 g/mol. The Bertz CT molecular complexity index is 404. The number of rotatable bonds is 4. The standard InChI is InChI=1S/C13H20N2OS/c1-9(2)15(4)13(16)8-17-12-7-11(14)6-5-10(12)3/h5-7,9H,8,14H2,1-4H3. The van der Waals surface area contributed by atoms with Crippen molar-refractivity contribution >= 4 is 23.4 Å². The number of nitrogens with two attached hydrogens (primary N) is 1. The van der Waals surface area contributed by atoms with E-state index in [1.165, 1.54) is 0 Å². The van der Waals surface area contributed by atoms with Gasteiger partial charge in [-0.3, -0.25) is 4.79 Å². The molecule has 0 saturated carbocycles. The molecule has 0 heterocycles. The molecule has 17 heavy (non-hydrogen) atoms. The smallest absolute Gasteiger partial charge is 0.232 e. The van der Waals surface area contributed by atoms with Crippen LogP contribution in [-0.2, 0) is 4.79 Å². The molecule has 1 amide bonds. The number of hydrogen-bond donors (Lipinski definition) is 1. The van der Waals surface area contributed by atoms with Gasteiger partial charge < -0.3 is 10.6 Å². The molecule has 0 aromatic heterocycles. The molecule has 0 bridgehead atoms. The second kappa shape index (κ2) is 5.96. The normalized spacial score (nSPS) is 10.6. The van der Waals surface area contributed by atoms with Crippen LogP contribution in [0.2, 0.25) is 0 Å². The summed E-state index contributed by atoms with van der Waals surface area (Å²) in [5.74, 6) is 0.603. The van der Waals surface area contributed by atoms with Crippen LogP contribution < -0.4 is 5.73 Å². The Balaban J connectivity index is 2.61. The van der Waals surface area contributed by atoms with Crippen molar-refractivity contribution in [3.05, 3.63) is 23.8 Å². The fourth-order valence-electron chi connectivity index (χ4n) is 1.30. The molecule has 1 aromatic carbocycles. The van der Waals surface area contributed by atoms with Gasteiger partial charge in [0.2, 0.25) is 5.91 Å². The van der Waals surface area contributed by atoms with Gasteiger partial charge >= 0.3 is 0 Å². The summed E-state index contributed by atoms with van der Waals surface area (Å²) in [6.45, 7) is 6.04. The van der Waals surface area contributed by atoms with E-state index in [-0.39, 0.29) is 11.9 Å². The van der Waals surface area contributed by atoms with E-state index in [1.807, 2.05) is 46.0 Å². The molecule has 4 heteroatoms. The van der Waals surface area contributed by atoms with Crippen LogP contribution >= 0.6 is 11.8 Å². The van der Waals surface area contributed by atoms with Crippen LogP contribution in [0.15, 0.2) is 23.1 Å². The van der Waals surface area contributed by atoms with Gasteiger partial charge in [-0.15, -0.1) is 11.8 Å². The first-order chi connectivity index (χ1) is 7.91. The van der Waals surface area contributed by atoms with Crippen LogP contribution in [0, 0.1) is 6.92 Å². The molecule has 0 unspecified atom stereocenters. The van der Waals surface area contributed by atoms with Crippen molar-refractivity contribution in [1.29, 1.82) is 0 Å². The number of nitrogen functional groups attached to an aromatic ring is 1. The van der Waals surface area contributed by atoms with Crippen molar-refractivity contribution in [2.75, 3.05) is 18.5 Å². The van der Waals surface area contributed by atoms with Crippen LogP contribution in [0.1, 0.15) is 19.4 Å². The largest absolute Gasteiger partial charge is 0.399 e. The molecule has 0 aliphatic heterocycles. The van der Waals surface area contributed by atoms with E-state index in [4.69, 9.17) is 5.73 Å². The Kier molecular flexibility index (Phi) is 4.87. The molecular weight excluding hydrogens is 232 g/mol. The van der Waals surface area contributed by atoms with Crippen LogP contribution in [0.5, 0.6) is 0 Å². The molecule has 94 valence electrons. The molecule has 0 aliphatic rings. The zero-order valence-electron chi connectivity index (χ0n) is 10.9. The van der Waals surface area contributed by atoms with Crippen molar-refractivity contribution in [2.24, 2.45) is 0 Å².